The quantitative estimate of drug-likeness (QED) is 0.607. The summed E-state index contributed by atoms with van der Waals surface area (Å²) in [5.74, 6) is 0.128. The fraction of sp³-hybridized carbons (Fsp3) is 0.118. The molecule has 2 nitrogen and oxygen atoms in total. The Labute approximate surface area is 129 Å². The molecule has 0 amide bonds. The van der Waals surface area contributed by atoms with E-state index in [4.69, 9.17) is 4.42 Å². The van der Waals surface area contributed by atoms with Crippen molar-refractivity contribution in [2.75, 3.05) is 0 Å². The lowest BCUT2D eigenvalue weighted by atomic mass is 9.97. The molecule has 0 spiro atoms. The van der Waals surface area contributed by atoms with Crippen LogP contribution in [-0.2, 0) is 0 Å². The SMILES string of the molecule is CC(Br)c1oc(=O)c2ccc(F)cc2c1-c1ccccc1. The fourth-order valence-corrected chi connectivity index (χ4v) is 2.74. The number of alkyl halides is 1. The summed E-state index contributed by atoms with van der Waals surface area (Å²) in [5.41, 5.74) is 1.18. The summed E-state index contributed by atoms with van der Waals surface area (Å²) in [4.78, 5) is 11.9. The minimum absolute atomic E-state index is 0.159. The number of hydrogen-bond acceptors (Lipinski definition) is 2. The average Bonchev–Trinajstić information content (AvgIpc) is 2.47. The third kappa shape index (κ3) is 2.51. The van der Waals surface area contributed by atoms with Crippen molar-refractivity contribution < 1.29 is 8.81 Å². The van der Waals surface area contributed by atoms with Gasteiger partial charge in [0.2, 0.25) is 0 Å². The number of halogens is 2. The number of hydrogen-bond donors (Lipinski definition) is 0. The van der Waals surface area contributed by atoms with Crippen LogP contribution in [0.5, 0.6) is 0 Å². The van der Waals surface area contributed by atoms with Crippen molar-refractivity contribution in [2.24, 2.45) is 0 Å². The van der Waals surface area contributed by atoms with Crippen molar-refractivity contribution in [1.29, 1.82) is 0 Å². The highest BCUT2D eigenvalue weighted by Crippen LogP contribution is 2.36. The summed E-state index contributed by atoms with van der Waals surface area (Å²) in [6.45, 7) is 1.87. The van der Waals surface area contributed by atoms with Crippen LogP contribution in [0.25, 0.3) is 21.9 Å². The van der Waals surface area contributed by atoms with E-state index in [1.165, 1.54) is 18.2 Å². The Morgan fingerprint density at radius 2 is 1.81 bits per heavy atom. The molecule has 0 bridgehead atoms. The first kappa shape index (κ1) is 14.0. The highest BCUT2D eigenvalue weighted by Gasteiger charge is 2.19. The van der Waals surface area contributed by atoms with Crippen LogP contribution in [0.4, 0.5) is 4.39 Å². The van der Waals surface area contributed by atoms with E-state index in [0.717, 1.165) is 11.1 Å². The molecule has 21 heavy (non-hydrogen) atoms. The van der Waals surface area contributed by atoms with Crippen molar-refractivity contribution in [3.8, 4) is 11.1 Å². The summed E-state index contributed by atoms with van der Waals surface area (Å²) < 4.78 is 19.1. The van der Waals surface area contributed by atoms with Gasteiger partial charge in [-0.1, -0.05) is 46.3 Å². The Bertz CT molecular complexity index is 854. The number of rotatable bonds is 2. The van der Waals surface area contributed by atoms with Crippen LogP contribution in [0.2, 0.25) is 0 Å². The van der Waals surface area contributed by atoms with Crippen molar-refractivity contribution >= 4 is 26.7 Å². The Morgan fingerprint density at radius 1 is 1.10 bits per heavy atom. The van der Waals surface area contributed by atoms with Crippen LogP contribution in [0.1, 0.15) is 17.5 Å². The minimum atomic E-state index is -0.453. The topological polar surface area (TPSA) is 30.2 Å². The van der Waals surface area contributed by atoms with E-state index in [9.17, 15) is 9.18 Å². The van der Waals surface area contributed by atoms with Gasteiger partial charge in [-0.3, -0.25) is 0 Å². The van der Waals surface area contributed by atoms with Crippen LogP contribution in [0, 0.1) is 5.82 Å². The molecule has 1 unspecified atom stereocenters. The average molecular weight is 347 g/mol. The maximum Gasteiger partial charge on any atom is 0.343 e. The predicted molar refractivity (Wildman–Crippen MR) is 85.2 cm³/mol. The second kappa shape index (κ2) is 5.45. The van der Waals surface area contributed by atoms with Crippen molar-refractivity contribution in [3.63, 3.8) is 0 Å². The van der Waals surface area contributed by atoms with Gasteiger partial charge in [0.05, 0.1) is 10.2 Å². The van der Waals surface area contributed by atoms with E-state index >= 15 is 0 Å². The van der Waals surface area contributed by atoms with Crippen LogP contribution in [0.15, 0.2) is 57.7 Å². The second-order valence-corrected chi connectivity index (χ2v) is 6.17. The fourth-order valence-electron chi connectivity index (χ4n) is 2.42. The number of benzene rings is 2. The molecule has 1 heterocycles. The molecular formula is C17H12BrFO2. The van der Waals surface area contributed by atoms with E-state index in [2.05, 4.69) is 15.9 Å². The first-order valence-corrected chi connectivity index (χ1v) is 7.45. The Morgan fingerprint density at radius 3 is 2.48 bits per heavy atom. The summed E-state index contributed by atoms with van der Waals surface area (Å²) in [6, 6.07) is 13.6. The Hall–Kier alpha value is -1.94. The van der Waals surface area contributed by atoms with Gasteiger partial charge in [0.1, 0.15) is 11.6 Å². The molecule has 106 valence electrons. The lowest BCUT2D eigenvalue weighted by Gasteiger charge is -2.13. The zero-order chi connectivity index (χ0) is 15.0. The molecular weight excluding hydrogens is 335 g/mol. The lowest BCUT2D eigenvalue weighted by molar-refractivity contribution is 0.473. The zero-order valence-electron chi connectivity index (χ0n) is 11.3. The highest BCUT2D eigenvalue weighted by atomic mass is 79.9. The van der Waals surface area contributed by atoms with E-state index in [-0.39, 0.29) is 10.6 Å². The standard InChI is InChI=1S/C17H12BrFO2/c1-10(18)16-15(11-5-3-2-4-6-11)14-9-12(19)7-8-13(14)17(20)21-16/h2-10H,1H3. The number of fused-ring (bicyclic) bond motifs is 1. The molecule has 0 aliphatic heterocycles. The van der Waals surface area contributed by atoms with Crippen LogP contribution >= 0.6 is 15.9 Å². The molecule has 0 aliphatic rings. The zero-order valence-corrected chi connectivity index (χ0v) is 12.9. The lowest BCUT2D eigenvalue weighted by Crippen LogP contribution is -2.05. The molecule has 0 N–H and O–H groups in total. The molecule has 0 saturated heterocycles. The first-order valence-electron chi connectivity index (χ1n) is 6.53. The first-order chi connectivity index (χ1) is 10.1. The minimum Gasteiger partial charge on any atom is -0.426 e. The molecule has 4 heteroatoms. The van der Waals surface area contributed by atoms with E-state index in [0.29, 0.717) is 16.5 Å². The largest absolute Gasteiger partial charge is 0.426 e. The Balaban J connectivity index is 2.49. The van der Waals surface area contributed by atoms with Crippen LogP contribution in [0.3, 0.4) is 0 Å². The molecule has 0 fully saturated rings. The van der Waals surface area contributed by atoms with Gasteiger partial charge in [0, 0.05) is 10.9 Å². The third-order valence-corrected chi connectivity index (χ3v) is 3.76. The highest BCUT2D eigenvalue weighted by molar-refractivity contribution is 9.09. The van der Waals surface area contributed by atoms with E-state index in [1.807, 2.05) is 37.3 Å². The molecule has 0 radical (unpaired) electrons. The third-order valence-electron chi connectivity index (χ3n) is 3.34. The van der Waals surface area contributed by atoms with Crippen molar-refractivity contribution in [1.82, 2.24) is 0 Å². The molecule has 1 aromatic heterocycles. The van der Waals surface area contributed by atoms with Crippen LogP contribution in [-0.4, -0.2) is 0 Å². The smallest absolute Gasteiger partial charge is 0.343 e. The van der Waals surface area contributed by atoms with Gasteiger partial charge >= 0.3 is 5.63 Å². The van der Waals surface area contributed by atoms with E-state index < -0.39 is 5.63 Å². The van der Waals surface area contributed by atoms with Gasteiger partial charge in [-0.05, 0) is 30.7 Å². The van der Waals surface area contributed by atoms with Gasteiger partial charge in [0.25, 0.3) is 0 Å². The molecule has 3 rings (SSSR count). The monoisotopic (exact) mass is 346 g/mol. The maximum atomic E-state index is 13.7. The Kier molecular flexibility index (Phi) is 3.64. The van der Waals surface area contributed by atoms with Crippen molar-refractivity contribution in [3.05, 3.63) is 70.5 Å². The molecule has 3 aromatic rings. The van der Waals surface area contributed by atoms with Gasteiger partial charge in [-0.2, -0.15) is 0 Å². The second-order valence-electron chi connectivity index (χ2n) is 4.80. The molecule has 0 aliphatic carbocycles. The van der Waals surface area contributed by atoms with Gasteiger partial charge in [-0.15, -0.1) is 0 Å². The van der Waals surface area contributed by atoms with Gasteiger partial charge in [-0.25, -0.2) is 9.18 Å². The van der Waals surface area contributed by atoms with Gasteiger partial charge < -0.3 is 4.42 Å². The maximum absolute atomic E-state index is 13.7. The predicted octanol–water partition coefficient (Wildman–Crippen LogP) is 5.06. The summed E-state index contributed by atoms with van der Waals surface area (Å²) >= 11 is 3.44. The summed E-state index contributed by atoms with van der Waals surface area (Å²) in [5, 5.41) is 0.950. The van der Waals surface area contributed by atoms with Gasteiger partial charge in [0.15, 0.2) is 0 Å². The molecule has 1 atom stereocenters. The molecule has 0 saturated carbocycles. The summed E-state index contributed by atoms with van der Waals surface area (Å²) in [7, 11) is 0. The van der Waals surface area contributed by atoms with Crippen LogP contribution < -0.4 is 5.63 Å². The van der Waals surface area contributed by atoms with E-state index in [1.54, 1.807) is 0 Å². The normalized spacial score (nSPS) is 12.5. The molecule has 2 aromatic carbocycles. The van der Waals surface area contributed by atoms with Crippen molar-refractivity contribution in [2.45, 2.75) is 11.8 Å². The summed E-state index contributed by atoms with van der Waals surface area (Å²) in [6.07, 6.45) is 0.